The number of imide groups is 1. The van der Waals surface area contributed by atoms with Crippen LogP contribution in [0, 0.1) is 35.5 Å². The number of nitrogens with zero attached hydrogens (tertiary/aromatic N) is 1. The third kappa shape index (κ3) is 1.83. The molecule has 6 rings (SSSR count). The van der Waals surface area contributed by atoms with Gasteiger partial charge in [0.05, 0.1) is 11.8 Å². The lowest BCUT2D eigenvalue weighted by molar-refractivity contribution is -0.143. The highest BCUT2D eigenvalue weighted by atomic mass is 79.9. The zero-order chi connectivity index (χ0) is 16.6. The number of allylic oxidation sites excluding steroid dienone is 2. The van der Waals surface area contributed by atoms with Gasteiger partial charge in [0.25, 0.3) is 17.7 Å². The SMILES string of the molecule is O=C(NN1C(=O)[C@@H]2C3C=CC(C4CC43)[C@@H]2C1=O)c1cccc(Br)c1. The van der Waals surface area contributed by atoms with Gasteiger partial charge < -0.3 is 0 Å². The van der Waals surface area contributed by atoms with E-state index in [2.05, 4.69) is 33.5 Å². The molecule has 4 unspecified atom stereocenters. The molecule has 1 aromatic rings. The molecule has 6 heteroatoms. The quantitative estimate of drug-likeness (QED) is 0.625. The Morgan fingerprint density at radius 3 is 2.29 bits per heavy atom. The van der Waals surface area contributed by atoms with E-state index < -0.39 is 5.91 Å². The summed E-state index contributed by atoms with van der Waals surface area (Å²) >= 11 is 3.32. The summed E-state index contributed by atoms with van der Waals surface area (Å²) in [6, 6.07) is 6.86. The van der Waals surface area contributed by atoms with Crippen molar-refractivity contribution in [2.75, 3.05) is 0 Å². The van der Waals surface area contributed by atoms with Gasteiger partial charge in [-0.15, -0.1) is 0 Å². The normalized spacial score (nSPS) is 38.1. The van der Waals surface area contributed by atoms with Gasteiger partial charge >= 0.3 is 0 Å². The average molecular weight is 387 g/mol. The zero-order valence-corrected chi connectivity index (χ0v) is 14.3. The molecule has 1 aromatic carbocycles. The van der Waals surface area contributed by atoms with Crippen molar-refractivity contribution in [3.8, 4) is 0 Å². The van der Waals surface area contributed by atoms with Crippen molar-refractivity contribution < 1.29 is 14.4 Å². The maximum Gasteiger partial charge on any atom is 0.270 e. The van der Waals surface area contributed by atoms with Crippen molar-refractivity contribution in [2.45, 2.75) is 6.42 Å². The molecule has 122 valence electrons. The molecule has 3 amide bonds. The number of carbonyl (C=O) groups is 3. The standard InChI is InChI=1S/C18H15BrN2O3/c19-9-3-1-2-8(6-9)16(22)20-21-17(23)14-10-4-5-11(13-7-12(10)13)15(14)18(21)24/h1-6,10-15H,7H2,(H,20,22)/t10?,11?,12?,13?,14-,15+. The van der Waals surface area contributed by atoms with Crippen molar-refractivity contribution in [3.05, 3.63) is 46.5 Å². The molecule has 6 atom stereocenters. The van der Waals surface area contributed by atoms with Crippen LogP contribution in [0.5, 0.6) is 0 Å². The predicted octanol–water partition coefficient (Wildman–Crippen LogP) is 2.15. The molecule has 2 bridgehead atoms. The fourth-order valence-electron chi connectivity index (χ4n) is 4.86. The summed E-state index contributed by atoms with van der Waals surface area (Å²) < 4.78 is 0.769. The van der Waals surface area contributed by atoms with Gasteiger partial charge in [0.1, 0.15) is 0 Å². The second kappa shape index (κ2) is 4.79. The molecule has 5 aliphatic rings. The third-order valence-corrected chi connectivity index (χ3v) is 6.46. The van der Waals surface area contributed by atoms with Gasteiger partial charge in [0, 0.05) is 10.0 Å². The Labute approximate surface area is 147 Å². The highest BCUT2D eigenvalue weighted by Gasteiger charge is 2.67. The van der Waals surface area contributed by atoms with E-state index in [1.165, 1.54) is 0 Å². The Morgan fingerprint density at radius 1 is 1.08 bits per heavy atom. The Kier molecular flexibility index (Phi) is 2.87. The van der Waals surface area contributed by atoms with Crippen LogP contribution in [0.25, 0.3) is 0 Å². The largest absolute Gasteiger partial charge is 0.272 e. The molecule has 5 nitrogen and oxygen atoms in total. The molecular formula is C18H15BrN2O3. The first-order valence-electron chi connectivity index (χ1n) is 8.19. The second-order valence-electron chi connectivity index (χ2n) is 7.12. The summed E-state index contributed by atoms with van der Waals surface area (Å²) in [5.74, 6) is -0.0998. The summed E-state index contributed by atoms with van der Waals surface area (Å²) in [4.78, 5) is 38.0. The fourth-order valence-corrected chi connectivity index (χ4v) is 5.26. The van der Waals surface area contributed by atoms with E-state index in [0.29, 0.717) is 17.4 Å². The van der Waals surface area contributed by atoms with E-state index in [1.807, 2.05) is 6.07 Å². The van der Waals surface area contributed by atoms with Crippen molar-refractivity contribution in [2.24, 2.45) is 35.5 Å². The second-order valence-corrected chi connectivity index (χ2v) is 8.03. The Bertz CT molecular complexity index is 784. The zero-order valence-electron chi connectivity index (χ0n) is 12.7. The lowest BCUT2D eigenvalue weighted by Crippen LogP contribution is -2.46. The minimum Gasteiger partial charge on any atom is -0.272 e. The predicted molar refractivity (Wildman–Crippen MR) is 88.2 cm³/mol. The highest BCUT2D eigenvalue weighted by Crippen LogP contribution is 2.65. The van der Waals surface area contributed by atoms with E-state index in [-0.39, 0.29) is 35.5 Å². The van der Waals surface area contributed by atoms with Gasteiger partial charge in [0.2, 0.25) is 0 Å². The topological polar surface area (TPSA) is 66.5 Å². The molecule has 3 fully saturated rings. The van der Waals surface area contributed by atoms with Crippen molar-refractivity contribution in [1.82, 2.24) is 10.4 Å². The third-order valence-electron chi connectivity index (χ3n) is 5.96. The first-order chi connectivity index (χ1) is 11.6. The van der Waals surface area contributed by atoms with Gasteiger partial charge in [-0.3, -0.25) is 19.8 Å². The number of rotatable bonds is 2. The number of hydrazine groups is 1. The molecule has 4 aliphatic carbocycles. The van der Waals surface area contributed by atoms with E-state index in [4.69, 9.17) is 0 Å². The van der Waals surface area contributed by atoms with Crippen LogP contribution in [-0.4, -0.2) is 22.7 Å². The Hall–Kier alpha value is -1.95. The summed E-state index contributed by atoms with van der Waals surface area (Å²) in [5, 5.41) is 0.969. The molecule has 24 heavy (non-hydrogen) atoms. The van der Waals surface area contributed by atoms with Crippen LogP contribution in [0.1, 0.15) is 16.8 Å². The van der Waals surface area contributed by atoms with Crippen LogP contribution >= 0.6 is 15.9 Å². The molecule has 0 radical (unpaired) electrons. The molecule has 2 saturated carbocycles. The molecule has 0 aromatic heterocycles. The molecular weight excluding hydrogens is 372 g/mol. The van der Waals surface area contributed by atoms with Crippen molar-refractivity contribution in [1.29, 1.82) is 0 Å². The van der Waals surface area contributed by atoms with Gasteiger partial charge in [-0.2, -0.15) is 5.01 Å². The van der Waals surface area contributed by atoms with Crippen molar-refractivity contribution >= 4 is 33.7 Å². The highest BCUT2D eigenvalue weighted by molar-refractivity contribution is 9.10. The summed E-state index contributed by atoms with van der Waals surface area (Å²) in [5.41, 5.74) is 2.93. The number of halogens is 1. The summed E-state index contributed by atoms with van der Waals surface area (Å²) in [6.45, 7) is 0. The lowest BCUT2D eigenvalue weighted by Gasteiger charge is -2.37. The maximum atomic E-state index is 12.8. The monoisotopic (exact) mass is 386 g/mol. The number of amides is 3. The van der Waals surface area contributed by atoms with E-state index in [1.54, 1.807) is 18.2 Å². The summed E-state index contributed by atoms with van der Waals surface area (Å²) in [6.07, 6.45) is 5.36. The number of benzene rings is 1. The van der Waals surface area contributed by atoms with E-state index >= 15 is 0 Å². The van der Waals surface area contributed by atoms with Crippen molar-refractivity contribution in [3.63, 3.8) is 0 Å². The number of hydrogen-bond donors (Lipinski definition) is 1. The van der Waals surface area contributed by atoms with E-state index in [9.17, 15) is 14.4 Å². The molecule has 1 N–H and O–H groups in total. The molecule has 1 heterocycles. The minimum atomic E-state index is -0.442. The summed E-state index contributed by atoms with van der Waals surface area (Å²) in [7, 11) is 0. The minimum absolute atomic E-state index is 0.161. The lowest BCUT2D eigenvalue weighted by atomic mass is 9.63. The van der Waals surface area contributed by atoms with Crippen LogP contribution in [-0.2, 0) is 9.59 Å². The van der Waals surface area contributed by atoms with Gasteiger partial charge in [0.15, 0.2) is 0 Å². The molecule has 1 saturated heterocycles. The molecule has 1 aliphatic heterocycles. The number of carbonyl (C=O) groups excluding carboxylic acids is 3. The average Bonchev–Trinajstić information content (AvgIpc) is 3.36. The van der Waals surface area contributed by atoms with E-state index in [0.717, 1.165) is 15.9 Å². The van der Waals surface area contributed by atoms with Crippen LogP contribution in [0.15, 0.2) is 40.9 Å². The Balaban J connectivity index is 1.41. The van der Waals surface area contributed by atoms with Crippen LogP contribution in [0.4, 0.5) is 0 Å². The van der Waals surface area contributed by atoms with Gasteiger partial charge in [-0.05, 0) is 48.3 Å². The maximum absolute atomic E-state index is 12.8. The first-order valence-corrected chi connectivity index (χ1v) is 8.98. The van der Waals surface area contributed by atoms with Crippen LogP contribution in [0.2, 0.25) is 0 Å². The first kappa shape index (κ1) is 14.4. The number of hydrogen-bond acceptors (Lipinski definition) is 3. The fraction of sp³-hybridized carbons (Fsp3) is 0.389. The molecule has 0 spiro atoms. The Morgan fingerprint density at radius 2 is 1.71 bits per heavy atom. The number of nitrogens with one attached hydrogen (secondary N) is 1. The smallest absolute Gasteiger partial charge is 0.270 e. The van der Waals surface area contributed by atoms with Crippen LogP contribution in [0.3, 0.4) is 0 Å². The van der Waals surface area contributed by atoms with Gasteiger partial charge in [-0.25, -0.2) is 0 Å². The van der Waals surface area contributed by atoms with Crippen LogP contribution < -0.4 is 5.43 Å². The van der Waals surface area contributed by atoms with Gasteiger partial charge in [-0.1, -0.05) is 34.1 Å².